The number of allylic oxidation sites excluding steroid dienone is 2. The zero-order valence-corrected chi connectivity index (χ0v) is 5.46. The van der Waals surface area contributed by atoms with E-state index in [1.54, 1.807) is 0 Å². The first-order valence-corrected chi connectivity index (χ1v) is 3.00. The van der Waals surface area contributed by atoms with Crippen molar-refractivity contribution in [2.45, 2.75) is 13.3 Å². The van der Waals surface area contributed by atoms with E-state index in [0.717, 1.165) is 12.3 Å². The topological polar surface area (TPSA) is 24.4 Å². The van der Waals surface area contributed by atoms with Crippen LogP contribution in [0, 0.1) is 0 Å². The average Bonchev–Trinajstić information content (AvgIpc) is 1.79. The molecule has 0 aliphatic carbocycles. The van der Waals surface area contributed by atoms with Gasteiger partial charge in [-0.05, 0) is 19.5 Å². The maximum atomic E-state index is 4.06. The molecule has 0 aromatic rings. The second-order valence-electron chi connectivity index (χ2n) is 1.88. The molecule has 9 heavy (non-hydrogen) atoms. The maximum absolute atomic E-state index is 4.06. The predicted octanol–water partition coefficient (Wildman–Crippen LogP) is 1.43. The van der Waals surface area contributed by atoms with Crippen molar-refractivity contribution in [2.24, 2.45) is 4.99 Å². The highest BCUT2D eigenvalue weighted by Gasteiger charge is 1.82. The number of nitrogens with zero attached hydrogens (tertiary/aromatic N) is 1. The summed E-state index contributed by atoms with van der Waals surface area (Å²) in [5.41, 5.74) is 0. The Hall–Kier alpha value is -1.05. The van der Waals surface area contributed by atoms with Crippen LogP contribution in [0.25, 0.3) is 0 Å². The number of nitrogens with one attached hydrogen (secondary N) is 1. The fraction of sp³-hybridized carbons (Fsp3) is 0.286. The van der Waals surface area contributed by atoms with E-state index in [0.29, 0.717) is 0 Å². The van der Waals surface area contributed by atoms with Gasteiger partial charge in [0.15, 0.2) is 0 Å². The largest absolute Gasteiger partial charge is 0.351 e. The molecule has 1 N–H and O–H groups in total. The van der Waals surface area contributed by atoms with E-state index in [1.165, 1.54) is 0 Å². The fourth-order valence-corrected chi connectivity index (χ4v) is 0.589. The van der Waals surface area contributed by atoms with E-state index >= 15 is 0 Å². The Morgan fingerprint density at radius 1 is 1.56 bits per heavy atom. The number of amidine groups is 1. The van der Waals surface area contributed by atoms with Crippen LogP contribution in [0.4, 0.5) is 0 Å². The molecule has 1 rings (SSSR count). The minimum Gasteiger partial charge on any atom is -0.351 e. The summed E-state index contributed by atoms with van der Waals surface area (Å²) >= 11 is 0. The van der Waals surface area contributed by atoms with E-state index in [2.05, 4.69) is 16.4 Å². The number of rotatable bonds is 0. The molecule has 0 aromatic heterocycles. The number of hydrogen-bond acceptors (Lipinski definition) is 2. The molecular weight excluding hydrogens is 112 g/mol. The molecule has 1 aliphatic rings. The molecule has 0 radical (unpaired) electrons. The molecule has 0 saturated carbocycles. The Morgan fingerprint density at radius 2 is 2.44 bits per heavy atom. The third-order valence-electron chi connectivity index (χ3n) is 1.06. The Balaban J connectivity index is 2.63. The number of aliphatic imine (C=N–C) groups is 1. The lowest BCUT2D eigenvalue weighted by atomic mass is 10.4. The first-order chi connectivity index (χ1) is 4.39. The van der Waals surface area contributed by atoms with Gasteiger partial charge in [0.25, 0.3) is 0 Å². The van der Waals surface area contributed by atoms with Crippen molar-refractivity contribution in [3.63, 3.8) is 0 Å². The molecule has 0 fully saturated rings. The molecule has 0 spiro atoms. The first kappa shape index (κ1) is 6.08. The van der Waals surface area contributed by atoms with Crippen LogP contribution in [0.15, 0.2) is 29.5 Å². The predicted molar refractivity (Wildman–Crippen MR) is 39.1 cm³/mol. The summed E-state index contributed by atoms with van der Waals surface area (Å²) < 4.78 is 0. The van der Waals surface area contributed by atoms with Crippen LogP contribution < -0.4 is 5.32 Å². The zero-order valence-electron chi connectivity index (χ0n) is 5.46. The second kappa shape index (κ2) is 3.07. The normalized spacial score (nSPS) is 21.2. The molecule has 48 valence electrons. The molecule has 0 aromatic carbocycles. The molecule has 0 atom stereocenters. The van der Waals surface area contributed by atoms with Gasteiger partial charge in [0.1, 0.15) is 5.84 Å². The number of hydrogen-bond donors (Lipinski definition) is 1. The van der Waals surface area contributed by atoms with Crippen molar-refractivity contribution in [3.05, 3.63) is 24.6 Å². The van der Waals surface area contributed by atoms with Crippen LogP contribution in [0.1, 0.15) is 13.3 Å². The van der Waals surface area contributed by atoms with Gasteiger partial charge in [-0.1, -0.05) is 12.2 Å². The Bertz CT molecular complexity index is 166. The fourth-order valence-electron chi connectivity index (χ4n) is 0.589. The summed E-state index contributed by atoms with van der Waals surface area (Å²) in [6.07, 6.45) is 8.74. The third kappa shape index (κ3) is 2.13. The average molecular weight is 122 g/mol. The molecule has 0 unspecified atom stereocenters. The van der Waals surface area contributed by atoms with Gasteiger partial charge < -0.3 is 5.32 Å². The molecular formula is C7H10N2. The van der Waals surface area contributed by atoms with Crippen LogP contribution >= 0.6 is 0 Å². The van der Waals surface area contributed by atoms with Gasteiger partial charge in [-0.15, -0.1) is 0 Å². The SMILES string of the molecule is CC1=NC=CC/C=C/N1. The monoisotopic (exact) mass is 122 g/mol. The standard InChI is InChI=1S/C7H10N2/c1-7-8-5-3-2-4-6-9-7/h3-6H,2H2,1H3,(H,8,9)/b5-3+,6-4?. The molecule has 0 amide bonds. The van der Waals surface area contributed by atoms with Crippen LogP contribution in [0.5, 0.6) is 0 Å². The summed E-state index contributed by atoms with van der Waals surface area (Å²) in [5, 5.41) is 3.00. The maximum Gasteiger partial charge on any atom is 0.102 e. The highest BCUT2D eigenvalue weighted by atomic mass is 15.0. The Morgan fingerprint density at radius 3 is 3.33 bits per heavy atom. The van der Waals surface area contributed by atoms with Crippen molar-refractivity contribution >= 4 is 5.84 Å². The van der Waals surface area contributed by atoms with Crippen molar-refractivity contribution in [1.82, 2.24) is 5.32 Å². The van der Waals surface area contributed by atoms with Crippen molar-refractivity contribution in [3.8, 4) is 0 Å². The second-order valence-corrected chi connectivity index (χ2v) is 1.88. The molecule has 1 aliphatic heterocycles. The zero-order chi connectivity index (χ0) is 6.53. The lowest BCUT2D eigenvalue weighted by Crippen LogP contribution is -2.12. The Kier molecular flexibility index (Phi) is 2.07. The van der Waals surface area contributed by atoms with Gasteiger partial charge in [0.05, 0.1) is 0 Å². The highest BCUT2D eigenvalue weighted by molar-refractivity contribution is 5.81. The van der Waals surface area contributed by atoms with Crippen LogP contribution in [-0.2, 0) is 0 Å². The van der Waals surface area contributed by atoms with Gasteiger partial charge in [-0.25, -0.2) is 4.99 Å². The van der Waals surface area contributed by atoms with Gasteiger partial charge in [0, 0.05) is 6.20 Å². The van der Waals surface area contributed by atoms with Crippen LogP contribution in [0.2, 0.25) is 0 Å². The van der Waals surface area contributed by atoms with E-state index in [1.807, 2.05) is 25.4 Å². The Labute approximate surface area is 55.0 Å². The molecule has 2 nitrogen and oxygen atoms in total. The first-order valence-electron chi connectivity index (χ1n) is 3.00. The van der Waals surface area contributed by atoms with Crippen LogP contribution in [-0.4, -0.2) is 5.84 Å². The van der Waals surface area contributed by atoms with Crippen molar-refractivity contribution in [2.75, 3.05) is 0 Å². The lowest BCUT2D eigenvalue weighted by molar-refractivity contribution is 1.18. The van der Waals surface area contributed by atoms with Gasteiger partial charge >= 0.3 is 0 Å². The van der Waals surface area contributed by atoms with Gasteiger partial charge in [-0.2, -0.15) is 0 Å². The highest BCUT2D eigenvalue weighted by Crippen LogP contribution is 1.89. The third-order valence-corrected chi connectivity index (χ3v) is 1.06. The smallest absolute Gasteiger partial charge is 0.102 e. The lowest BCUT2D eigenvalue weighted by Gasteiger charge is -1.97. The van der Waals surface area contributed by atoms with E-state index < -0.39 is 0 Å². The summed E-state index contributed by atoms with van der Waals surface area (Å²) in [7, 11) is 0. The van der Waals surface area contributed by atoms with Crippen LogP contribution in [0.3, 0.4) is 0 Å². The summed E-state index contributed by atoms with van der Waals surface area (Å²) in [5.74, 6) is 0.933. The summed E-state index contributed by atoms with van der Waals surface area (Å²) in [6.45, 7) is 1.93. The minimum atomic E-state index is 0.933. The summed E-state index contributed by atoms with van der Waals surface area (Å²) in [4.78, 5) is 4.06. The van der Waals surface area contributed by atoms with Gasteiger partial charge in [0.2, 0.25) is 0 Å². The van der Waals surface area contributed by atoms with Gasteiger partial charge in [-0.3, -0.25) is 0 Å². The molecule has 2 heteroatoms. The molecule has 0 saturated heterocycles. The minimum absolute atomic E-state index is 0.933. The van der Waals surface area contributed by atoms with Crippen molar-refractivity contribution < 1.29 is 0 Å². The van der Waals surface area contributed by atoms with E-state index in [-0.39, 0.29) is 0 Å². The quantitative estimate of drug-likeness (QED) is 0.516. The summed E-state index contributed by atoms with van der Waals surface area (Å²) in [6, 6.07) is 0. The van der Waals surface area contributed by atoms with E-state index in [4.69, 9.17) is 0 Å². The molecule has 1 heterocycles. The van der Waals surface area contributed by atoms with E-state index in [9.17, 15) is 0 Å². The molecule has 0 bridgehead atoms. The van der Waals surface area contributed by atoms with Crippen molar-refractivity contribution in [1.29, 1.82) is 0 Å².